The zero-order valence-corrected chi connectivity index (χ0v) is 25.0. The molecule has 2 amide bonds. The number of carbonyl (C=O) groups excluding carboxylic acids is 2. The minimum atomic E-state index is -4.84. The van der Waals surface area contributed by atoms with E-state index in [0.29, 0.717) is 41.6 Å². The fourth-order valence-corrected chi connectivity index (χ4v) is 6.29. The largest absolute Gasteiger partial charge is 0.573 e. The van der Waals surface area contributed by atoms with Crippen LogP contribution in [-0.2, 0) is 11.3 Å². The highest BCUT2D eigenvalue weighted by atomic mass is 19.4. The van der Waals surface area contributed by atoms with Gasteiger partial charge in [0.05, 0.1) is 24.5 Å². The molecule has 0 radical (unpaired) electrons. The van der Waals surface area contributed by atoms with E-state index in [4.69, 9.17) is 14.0 Å². The van der Waals surface area contributed by atoms with Gasteiger partial charge >= 0.3 is 18.4 Å². The number of rotatable bonds is 11. The number of amides is 2. The van der Waals surface area contributed by atoms with Gasteiger partial charge in [0.25, 0.3) is 0 Å². The van der Waals surface area contributed by atoms with Crippen LogP contribution in [0.2, 0.25) is 0 Å². The van der Waals surface area contributed by atoms with Gasteiger partial charge in [0.15, 0.2) is 0 Å². The number of para-hydroxylation sites is 1. The first-order valence-corrected chi connectivity index (χ1v) is 15.2. The van der Waals surface area contributed by atoms with Gasteiger partial charge in [-0.15, -0.1) is 13.2 Å². The quantitative estimate of drug-likeness (QED) is 0.228. The molecular weight excluding hydrogens is 593 g/mol. The minimum Gasteiger partial charge on any atom is -0.492 e. The van der Waals surface area contributed by atoms with Crippen LogP contribution in [0.1, 0.15) is 73.6 Å². The third-order valence-electron chi connectivity index (χ3n) is 8.41. The van der Waals surface area contributed by atoms with E-state index in [1.165, 1.54) is 12.1 Å². The molecule has 2 aliphatic carbocycles. The van der Waals surface area contributed by atoms with Crippen LogP contribution in [0.4, 0.5) is 23.7 Å². The number of alkyl halides is 3. The molecule has 10 nitrogen and oxygen atoms in total. The fourth-order valence-electron chi connectivity index (χ4n) is 6.29. The lowest BCUT2D eigenvalue weighted by Crippen LogP contribution is -2.66. The van der Waals surface area contributed by atoms with Crippen LogP contribution in [0.5, 0.6) is 11.5 Å². The van der Waals surface area contributed by atoms with E-state index in [1.54, 1.807) is 37.3 Å². The smallest absolute Gasteiger partial charge is 0.492 e. The number of anilines is 1. The van der Waals surface area contributed by atoms with Crippen molar-refractivity contribution in [2.24, 2.45) is 0 Å². The first-order valence-electron chi connectivity index (χ1n) is 15.2. The Hall–Kier alpha value is -4.26. The van der Waals surface area contributed by atoms with E-state index in [-0.39, 0.29) is 48.0 Å². The Labute approximate surface area is 258 Å². The predicted octanol–water partition coefficient (Wildman–Crippen LogP) is 6.62. The number of piperidine rings is 1. The van der Waals surface area contributed by atoms with Crippen LogP contribution in [0.25, 0.3) is 11.3 Å². The van der Waals surface area contributed by atoms with Gasteiger partial charge in [-0.05, 0) is 76.3 Å². The standard InChI is InChI=1S/C32H35F3N4O6/c1-3-42-27-13-19(30(40)43-4-2)11-12-25(27)37-31(41)39-21-14-20(15-22(39)16-21)36-17-24-28(38-45-29(24)18-9-10-18)23-7-5-6-8-26(23)44-32(33,34)35/h5-8,11-13,18,20-22,36H,3-4,9-10,14-17H2,1-2H3,(H,37,41). The normalized spacial score (nSPS) is 20.7. The summed E-state index contributed by atoms with van der Waals surface area (Å²) in [6, 6.07) is 10.7. The third-order valence-corrected chi connectivity index (χ3v) is 8.41. The van der Waals surface area contributed by atoms with Crippen molar-refractivity contribution in [3.8, 4) is 22.8 Å². The Kier molecular flexibility index (Phi) is 8.63. The molecule has 2 unspecified atom stereocenters. The number of fused-ring (bicyclic) bond motifs is 2. The molecule has 240 valence electrons. The molecule has 4 aliphatic rings. The molecule has 2 aliphatic heterocycles. The molecule has 45 heavy (non-hydrogen) atoms. The number of nitrogens with zero attached hydrogens (tertiary/aromatic N) is 2. The molecule has 2 bridgehead atoms. The first-order chi connectivity index (χ1) is 21.6. The van der Waals surface area contributed by atoms with E-state index in [9.17, 15) is 22.8 Å². The average Bonchev–Trinajstić information content (AvgIpc) is 3.75. The summed E-state index contributed by atoms with van der Waals surface area (Å²) in [6.45, 7) is 4.53. The van der Waals surface area contributed by atoms with Crippen LogP contribution in [0.15, 0.2) is 47.0 Å². The van der Waals surface area contributed by atoms with Crippen LogP contribution in [0.3, 0.4) is 0 Å². The summed E-state index contributed by atoms with van der Waals surface area (Å²) in [5, 5.41) is 10.7. The number of hydrogen-bond donors (Lipinski definition) is 2. The maximum Gasteiger partial charge on any atom is 0.573 e. The molecule has 2 aromatic carbocycles. The van der Waals surface area contributed by atoms with Gasteiger partial charge in [0.1, 0.15) is 23.0 Å². The molecule has 2 atom stereocenters. The summed E-state index contributed by atoms with van der Waals surface area (Å²) < 4.78 is 60.1. The topological polar surface area (TPSA) is 115 Å². The van der Waals surface area contributed by atoms with Crippen LogP contribution < -0.4 is 20.1 Å². The molecule has 7 rings (SSSR count). The third kappa shape index (κ3) is 6.73. The maximum atomic E-state index is 13.3. The average molecular weight is 629 g/mol. The van der Waals surface area contributed by atoms with Gasteiger partial charge < -0.3 is 34.3 Å². The Balaban J connectivity index is 1.11. The highest BCUT2D eigenvalue weighted by molar-refractivity contribution is 5.95. The van der Waals surface area contributed by atoms with Gasteiger partial charge in [0, 0.05) is 41.7 Å². The second-order valence-corrected chi connectivity index (χ2v) is 11.5. The van der Waals surface area contributed by atoms with Crippen molar-refractivity contribution in [3.05, 3.63) is 59.4 Å². The second kappa shape index (κ2) is 12.6. The molecule has 3 aromatic rings. The minimum absolute atomic E-state index is 0.0290. The number of esters is 1. The number of urea groups is 1. The summed E-state index contributed by atoms with van der Waals surface area (Å²) in [5.74, 6) is 0.491. The van der Waals surface area contributed by atoms with E-state index in [2.05, 4.69) is 20.5 Å². The zero-order valence-electron chi connectivity index (χ0n) is 25.0. The maximum absolute atomic E-state index is 13.3. The molecular formula is C32H35F3N4O6. The first kappa shape index (κ1) is 30.8. The fraction of sp³-hybridized carbons (Fsp3) is 0.469. The molecule has 13 heteroatoms. The number of carbonyl (C=O) groups is 2. The van der Waals surface area contributed by atoms with Crippen molar-refractivity contribution in [1.82, 2.24) is 15.4 Å². The van der Waals surface area contributed by atoms with Crippen molar-refractivity contribution >= 4 is 17.7 Å². The number of benzene rings is 2. The summed E-state index contributed by atoms with van der Waals surface area (Å²) in [6.07, 6.45) is -0.628. The predicted molar refractivity (Wildman–Crippen MR) is 157 cm³/mol. The van der Waals surface area contributed by atoms with Crippen molar-refractivity contribution in [1.29, 1.82) is 0 Å². The molecule has 2 saturated carbocycles. The summed E-state index contributed by atoms with van der Waals surface area (Å²) in [4.78, 5) is 27.3. The summed E-state index contributed by atoms with van der Waals surface area (Å²) in [5.41, 5.74) is 2.10. The highest BCUT2D eigenvalue weighted by Gasteiger charge is 2.48. The van der Waals surface area contributed by atoms with Crippen molar-refractivity contribution < 1.29 is 41.5 Å². The number of nitrogens with one attached hydrogen (secondary N) is 2. The van der Waals surface area contributed by atoms with E-state index >= 15 is 0 Å². The zero-order chi connectivity index (χ0) is 31.7. The van der Waals surface area contributed by atoms with Gasteiger partial charge in [0.2, 0.25) is 0 Å². The number of ether oxygens (including phenoxy) is 3. The van der Waals surface area contributed by atoms with Crippen LogP contribution in [0, 0.1) is 0 Å². The lowest BCUT2D eigenvalue weighted by Gasteiger charge is -2.55. The lowest BCUT2D eigenvalue weighted by molar-refractivity contribution is -0.274. The molecule has 2 saturated heterocycles. The van der Waals surface area contributed by atoms with Crippen molar-refractivity contribution in [2.75, 3.05) is 18.5 Å². The van der Waals surface area contributed by atoms with Crippen LogP contribution in [-0.4, -0.2) is 59.8 Å². The molecule has 3 heterocycles. The SMILES string of the molecule is CCOC(=O)c1ccc(NC(=O)N2C3CC(NCc4c(-c5ccccc5OC(F)(F)F)noc4C4CC4)CC2C3)c(OCC)c1. The van der Waals surface area contributed by atoms with Crippen LogP contribution >= 0.6 is 0 Å². The Bertz CT molecular complexity index is 1540. The van der Waals surface area contributed by atoms with Crippen molar-refractivity contribution in [3.63, 3.8) is 0 Å². The van der Waals surface area contributed by atoms with Gasteiger partial charge in [-0.25, -0.2) is 9.59 Å². The van der Waals surface area contributed by atoms with Gasteiger partial charge in [-0.1, -0.05) is 17.3 Å². The van der Waals surface area contributed by atoms with E-state index in [1.807, 2.05) is 11.8 Å². The Morgan fingerprint density at radius 3 is 2.47 bits per heavy atom. The Morgan fingerprint density at radius 1 is 1.02 bits per heavy atom. The molecule has 1 aromatic heterocycles. The second-order valence-electron chi connectivity index (χ2n) is 11.5. The van der Waals surface area contributed by atoms with E-state index in [0.717, 1.165) is 37.7 Å². The number of aromatic nitrogens is 1. The monoisotopic (exact) mass is 628 g/mol. The lowest BCUT2D eigenvalue weighted by atomic mass is 9.77. The highest BCUT2D eigenvalue weighted by Crippen LogP contribution is 2.46. The number of hydrogen-bond acceptors (Lipinski definition) is 8. The molecule has 0 spiro atoms. The Morgan fingerprint density at radius 2 is 1.78 bits per heavy atom. The summed E-state index contributed by atoms with van der Waals surface area (Å²) >= 11 is 0. The molecule has 4 fully saturated rings. The number of halogens is 3. The van der Waals surface area contributed by atoms with E-state index < -0.39 is 12.3 Å². The van der Waals surface area contributed by atoms with Gasteiger partial charge in [-0.3, -0.25) is 0 Å². The van der Waals surface area contributed by atoms with Crippen molar-refractivity contribution in [2.45, 2.75) is 82.9 Å². The molecule has 2 N–H and O–H groups in total. The summed E-state index contributed by atoms with van der Waals surface area (Å²) in [7, 11) is 0. The van der Waals surface area contributed by atoms with Gasteiger partial charge in [-0.2, -0.15) is 0 Å².